The number of alkyl carbamates (subject to hydrolysis) is 1. The van der Waals surface area contributed by atoms with Gasteiger partial charge in [-0.1, -0.05) is 0 Å². The number of nitrogens with zero attached hydrogens (tertiary/aromatic N) is 1. The van der Waals surface area contributed by atoms with Crippen molar-refractivity contribution >= 4 is 19.4 Å². The summed E-state index contributed by atoms with van der Waals surface area (Å²) in [6.45, 7) is 25.3. The average molecular weight is 509 g/mol. The largest absolute Gasteiger partial charge is 0.483 e. The van der Waals surface area contributed by atoms with Crippen LogP contribution in [-0.4, -0.2) is 90.5 Å². The van der Waals surface area contributed by atoms with Gasteiger partial charge in [-0.25, -0.2) is 4.79 Å². The monoisotopic (exact) mass is 508 g/mol. The van der Waals surface area contributed by atoms with Crippen LogP contribution in [0.1, 0.15) is 88.0 Å². The van der Waals surface area contributed by atoms with E-state index in [1.165, 1.54) is 12.8 Å². The van der Waals surface area contributed by atoms with Crippen molar-refractivity contribution in [1.29, 1.82) is 0 Å². The number of amides is 1. The Kier molecular flexibility index (Phi) is 27.7. The Balaban J connectivity index is -0.000000407. The molecule has 0 fully saturated rings. The van der Waals surface area contributed by atoms with Crippen molar-refractivity contribution in [3.8, 4) is 0 Å². The lowest BCUT2D eigenvalue weighted by Gasteiger charge is -2.36. The summed E-state index contributed by atoms with van der Waals surface area (Å²) in [6, 6.07) is 0. The maximum atomic E-state index is 11.7. The summed E-state index contributed by atoms with van der Waals surface area (Å²) in [5, 5.41) is 21.3. The summed E-state index contributed by atoms with van der Waals surface area (Å²) in [6.07, 6.45) is 3.68. The zero-order valence-corrected chi connectivity index (χ0v) is 23.9. The molecule has 0 atom stereocenters. The number of carbonyl (C=O) groups excluding carboxylic acids is 2. The molecule has 0 bridgehead atoms. The third-order valence-corrected chi connectivity index (χ3v) is 4.09. The second-order valence-electron chi connectivity index (χ2n) is 10.8. The van der Waals surface area contributed by atoms with E-state index in [4.69, 9.17) is 30.3 Å². The van der Waals surface area contributed by atoms with E-state index in [9.17, 15) is 4.79 Å². The van der Waals surface area contributed by atoms with Gasteiger partial charge in [-0.15, -0.1) is 0 Å². The van der Waals surface area contributed by atoms with Gasteiger partial charge in [-0.2, -0.15) is 0 Å². The average Bonchev–Trinajstić information content (AvgIpc) is 2.69. The molecule has 212 valence electrons. The van der Waals surface area contributed by atoms with Crippen molar-refractivity contribution < 1.29 is 29.3 Å². The molecule has 0 saturated heterocycles. The molecule has 0 aliphatic carbocycles. The van der Waals surface area contributed by atoms with E-state index in [0.717, 1.165) is 32.5 Å². The molecule has 0 aromatic heterocycles. The standard InChI is InChI=1S/C20H43N3O2.C3H9NO.CH2O2.CH2O/c1-18(2,3)22-14-10-11-15-23(19(4,5)6)16-12-13-21-17(24)25-20(7,8)9;4-2-1-3-5;2-1-3;1-2/h22H,10-16H2,1-9H3,(H,21,24);5H,1-4H2;1H,(H,2,3);1H2. The molecule has 0 aliphatic heterocycles. The number of carbonyl (C=O) groups is 3. The van der Waals surface area contributed by atoms with Gasteiger partial charge in [0, 0.05) is 30.8 Å². The van der Waals surface area contributed by atoms with E-state index >= 15 is 0 Å². The lowest BCUT2D eigenvalue weighted by Crippen LogP contribution is -2.44. The maximum absolute atomic E-state index is 11.7. The van der Waals surface area contributed by atoms with Crippen LogP contribution in [0.15, 0.2) is 0 Å². The number of nitrogens with one attached hydrogen (secondary N) is 2. The summed E-state index contributed by atoms with van der Waals surface area (Å²) in [4.78, 5) is 30.5. The summed E-state index contributed by atoms with van der Waals surface area (Å²) in [7, 11) is 0. The van der Waals surface area contributed by atoms with Crippen LogP contribution in [0.4, 0.5) is 4.79 Å². The number of hydrogen-bond acceptors (Lipinski definition) is 8. The van der Waals surface area contributed by atoms with Crippen molar-refractivity contribution in [2.24, 2.45) is 5.73 Å². The first kappa shape index (κ1) is 40.4. The maximum Gasteiger partial charge on any atom is 0.407 e. The molecule has 6 N–H and O–H groups in total. The zero-order chi connectivity index (χ0) is 28.6. The van der Waals surface area contributed by atoms with Gasteiger partial charge in [0.25, 0.3) is 6.47 Å². The minimum atomic E-state index is -0.442. The highest BCUT2D eigenvalue weighted by Crippen LogP contribution is 2.15. The number of unbranched alkanes of at least 4 members (excludes halogenated alkanes) is 1. The topological polar surface area (TPSA) is 154 Å². The molecule has 0 rings (SSSR count). The molecular formula is C25H56N4O6. The van der Waals surface area contributed by atoms with Crippen LogP contribution in [0.2, 0.25) is 0 Å². The summed E-state index contributed by atoms with van der Waals surface area (Å²) >= 11 is 0. The molecule has 0 aliphatic rings. The second kappa shape index (κ2) is 24.0. The van der Waals surface area contributed by atoms with Crippen LogP contribution >= 0.6 is 0 Å². The second-order valence-corrected chi connectivity index (χ2v) is 10.8. The number of aliphatic hydroxyl groups is 1. The van der Waals surface area contributed by atoms with E-state index in [0.29, 0.717) is 13.1 Å². The van der Waals surface area contributed by atoms with Crippen LogP contribution in [0, 0.1) is 0 Å². The van der Waals surface area contributed by atoms with Crippen molar-refractivity contribution in [3.05, 3.63) is 0 Å². The van der Waals surface area contributed by atoms with Gasteiger partial charge in [0.15, 0.2) is 0 Å². The molecule has 10 heteroatoms. The van der Waals surface area contributed by atoms with E-state index in [2.05, 4.69) is 57.1 Å². The summed E-state index contributed by atoms with van der Waals surface area (Å²) in [5.74, 6) is 0. The number of aliphatic hydroxyl groups excluding tert-OH is 1. The van der Waals surface area contributed by atoms with Crippen LogP contribution in [-0.2, 0) is 14.3 Å². The molecule has 0 saturated carbocycles. The zero-order valence-electron chi connectivity index (χ0n) is 23.9. The third-order valence-electron chi connectivity index (χ3n) is 4.09. The number of hydrogen-bond donors (Lipinski definition) is 5. The van der Waals surface area contributed by atoms with E-state index in [-0.39, 0.29) is 30.3 Å². The number of carboxylic acid groups (broad SMARTS) is 1. The third kappa shape index (κ3) is 39.7. The van der Waals surface area contributed by atoms with Crippen molar-refractivity contribution in [3.63, 3.8) is 0 Å². The predicted octanol–water partition coefficient (Wildman–Crippen LogP) is 3.01. The molecule has 0 aromatic rings. The lowest BCUT2D eigenvalue weighted by molar-refractivity contribution is -0.122. The summed E-state index contributed by atoms with van der Waals surface area (Å²) in [5.41, 5.74) is 4.87. The minimum Gasteiger partial charge on any atom is -0.483 e. The predicted molar refractivity (Wildman–Crippen MR) is 144 cm³/mol. The minimum absolute atomic E-state index is 0.142. The molecule has 0 radical (unpaired) electrons. The number of rotatable bonds is 11. The van der Waals surface area contributed by atoms with Gasteiger partial charge in [0.1, 0.15) is 12.4 Å². The quantitative estimate of drug-likeness (QED) is 0.209. The van der Waals surface area contributed by atoms with Gasteiger partial charge < -0.3 is 36.1 Å². The fourth-order valence-electron chi connectivity index (χ4n) is 2.54. The molecule has 10 nitrogen and oxygen atoms in total. The van der Waals surface area contributed by atoms with Crippen molar-refractivity contribution in [2.45, 2.75) is 105 Å². The van der Waals surface area contributed by atoms with E-state index < -0.39 is 5.60 Å². The Bertz CT molecular complexity index is 484. The Morgan fingerprint density at radius 3 is 1.77 bits per heavy atom. The Labute approximate surface area is 214 Å². The number of nitrogens with two attached hydrogens (primary N) is 1. The molecule has 0 heterocycles. The first-order valence-corrected chi connectivity index (χ1v) is 12.2. The molecule has 1 amide bonds. The molecule has 35 heavy (non-hydrogen) atoms. The molecule has 0 spiro atoms. The normalized spacial score (nSPS) is 11.1. The smallest absolute Gasteiger partial charge is 0.407 e. The first-order chi connectivity index (χ1) is 16.0. The van der Waals surface area contributed by atoms with Crippen LogP contribution in [0.3, 0.4) is 0 Å². The highest BCUT2D eigenvalue weighted by Gasteiger charge is 2.21. The fourth-order valence-corrected chi connectivity index (χ4v) is 2.54. The SMILES string of the molecule is C=O.CC(C)(C)NCCCCN(CCCNC(=O)OC(C)(C)C)C(C)(C)C.NCCCO.O=CO. The van der Waals surface area contributed by atoms with Gasteiger partial charge in [0.05, 0.1) is 0 Å². The Hall–Kier alpha value is -1.75. The van der Waals surface area contributed by atoms with E-state index in [1.807, 2.05) is 27.6 Å². The highest BCUT2D eigenvalue weighted by atomic mass is 16.6. The first-order valence-electron chi connectivity index (χ1n) is 12.2. The Morgan fingerprint density at radius 1 is 0.943 bits per heavy atom. The van der Waals surface area contributed by atoms with Crippen molar-refractivity contribution in [2.75, 3.05) is 39.3 Å². The van der Waals surface area contributed by atoms with Crippen LogP contribution in [0.5, 0.6) is 0 Å². The van der Waals surface area contributed by atoms with Crippen molar-refractivity contribution in [1.82, 2.24) is 15.5 Å². The van der Waals surface area contributed by atoms with E-state index in [1.54, 1.807) is 0 Å². The molecule has 0 aromatic carbocycles. The van der Waals surface area contributed by atoms with Gasteiger partial charge in [0.2, 0.25) is 0 Å². The molecule has 0 unspecified atom stereocenters. The van der Waals surface area contributed by atoms with Gasteiger partial charge >= 0.3 is 6.09 Å². The fraction of sp³-hybridized carbons (Fsp3) is 0.880. The van der Waals surface area contributed by atoms with Gasteiger partial charge in [-0.05, 0) is 108 Å². The van der Waals surface area contributed by atoms with Gasteiger partial charge in [-0.3, -0.25) is 9.69 Å². The molecular weight excluding hydrogens is 452 g/mol. The lowest BCUT2D eigenvalue weighted by atomic mass is 10.0. The van der Waals surface area contributed by atoms with Crippen LogP contribution < -0.4 is 16.4 Å². The number of ether oxygens (including phenoxy) is 1. The Morgan fingerprint density at radius 2 is 1.43 bits per heavy atom. The highest BCUT2D eigenvalue weighted by molar-refractivity contribution is 5.67. The summed E-state index contributed by atoms with van der Waals surface area (Å²) < 4.78 is 5.26. The van der Waals surface area contributed by atoms with Crippen LogP contribution in [0.25, 0.3) is 0 Å².